The standard InChI is InChI=1S/C21H22N6O/c1-3-21-10-7-11-26(21)19-16(27-14(2)24-25-20(21)27)13-22-18(23-19)12-17(28)15-8-5-4-6-9-15/h4-6,8-9,13H,3,7,10-12H2,1-2H3/t21-/m0/s1. The van der Waals surface area contributed by atoms with E-state index >= 15 is 0 Å². The molecule has 28 heavy (non-hydrogen) atoms. The van der Waals surface area contributed by atoms with Crippen molar-refractivity contribution in [1.82, 2.24) is 24.7 Å². The maximum absolute atomic E-state index is 12.6. The number of carbonyl (C=O) groups is 1. The first kappa shape index (κ1) is 17.0. The Labute approximate surface area is 163 Å². The molecule has 0 radical (unpaired) electrons. The molecule has 1 saturated heterocycles. The van der Waals surface area contributed by atoms with E-state index in [1.807, 2.05) is 43.5 Å². The summed E-state index contributed by atoms with van der Waals surface area (Å²) in [4.78, 5) is 24.3. The van der Waals surface area contributed by atoms with Crippen LogP contribution in [0, 0.1) is 6.92 Å². The summed E-state index contributed by atoms with van der Waals surface area (Å²) in [6.07, 6.45) is 5.06. The molecular weight excluding hydrogens is 352 g/mol. The van der Waals surface area contributed by atoms with Crippen molar-refractivity contribution in [1.29, 1.82) is 0 Å². The fourth-order valence-corrected chi connectivity index (χ4v) is 4.61. The van der Waals surface area contributed by atoms with E-state index in [9.17, 15) is 4.79 Å². The Kier molecular flexibility index (Phi) is 3.79. The van der Waals surface area contributed by atoms with Crippen molar-refractivity contribution in [2.45, 2.75) is 45.1 Å². The van der Waals surface area contributed by atoms with E-state index in [4.69, 9.17) is 4.98 Å². The van der Waals surface area contributed by atoms with Gasteiger partial charge < -0.3 is 4.90 Å². The lowest BCUT2D eigenvalue weighted by Gasteiger charge is -2.42. The zero-order valence-corrected chi connectivity index (χ0v) is 16.1. The van der Waals surface area contributed by atoms with Crippen LogP contribution in [0.3, 0.4) is 0 Å². The Bertz CT molecular complexity index is 1060. The third-order valence-corrected chi connectivity index (χ3v) is 6.03. The van der Waals surface area contributed by atoms with E-state index < -0.39 is 0 Å². The molecule has 142 valence electrons. The van der Waals surface area contributed by atoms with Gasteiger partial charge in [-0.05, 0) is 26.2 Å². The molecular formula is C21H22N6O. The van der Waals surface area contributed by atoms with E-state index in [0.717, 1.165) is 49.0 Å². The molecule has 7 heteroatoms. The van der Waals surface area contributed by atoms with Crippen LogP contribution in [0.4, 0.5) is 5.82 Å². The fraction of sp³-hybridized carbons (Fsp3) is 0.381. The number of benzene rings is 1. The zero-order valence-electron chi connectivity index (χ0n) is 16.1. The van der Waals surface area contributed by atoms with Crippen LogP contribution in [0.5, 0.6) is 0 Å². The minimum atomic E-state index is -0.177. The summed E-state index contributed by atoms with van der Waals surface area (Å²) in [5, 5.41) is 8.85. The molecule has 1 fully saturated rings. The molecule has 0 saturated carbocycles. The van der Waals surface area contributed by atoms with E-state index in [1.54, 1.807) is 0 Å². The molecule has 3 aromatic rings. The van der Waals surface area contributed by atoms with Crippen LogP contribution >= 0.6 is 0 Å². The van der Waals surface area contributed by atoms with Crippen LogP contribution in [0.2, 0.25) is 0 Å². The van der Waals surface area contributed by atoms with Crippen molar-refractivity contribution in [3.63, 3.8) is 0 Å². The van der Waals surface area contributed by atoms with Gasteiger partial charge in [0.2, 0.25) is 0 Å². The molecule has 0 bridgehead atoms. The summed E-state index contributed by atoms with van der Waals surface area (Å²) in [6.45, 7) is 5.08. The summed E-state index contributed by atoms with van der Waals surface area (Å²) in [6, 6.07) is 9.31. The Hall–Kier alpha value is -3.09. The average molecular weight is 374 g/mol. The molecule has 0 amide bonds. The number of carbonyl (C=O) groups excluding carboxylic acids is 1. The highest BCUT2D eigenvalue weighted by atomic mass is 16.1. The topological polar surface area (TPSA) is 76.8 Å². The van der Waals surface area contributed by atoms with E-state index in [1.165, 1.54) is 0 Å². The van der Waals surface area contributed by atoms with Crippen molar-refractivity contribution < 1.29 is 4.79 Å². The summed E-state index contributed by atoms with van der Waals surface area (Å²) in [5.74, 6) is 3.29. The summed E-state index contributed by atoms with van der Waals surface area (Å²) >= 11 is 0. The van der Waals surface area contributed by atoms with E-state index in [-0.39, 0.29) is 17.7 Å². The third-order valence-electron chi connectivity index (χ3n) is 6.03. The molecule has 0 aliphatic carbocycles. The lowest BCUT2D eigenvalue weighted by Crippen LogP contribution is -2.47. The Morgan fingerprint density at radius 3 is 2.82 bits per heavy atom. The van der Waals surface area contributed by atoms with Crippen LogP contribution in [0.15, 0.2) is 36.5 Å². The third kappa shape index (κ3) is 2.32. The highest BCUT2D eigenvalue weighted by molar-refractivity contribution is 5.97. The van der Waals surface area contributed by atoms with Gasteiger partial charge in [-0.1, -0.05) is 37.3 Å². The van der Waals surface area contributed by atoms with Crippen molar-refractivity contribution in [3.05, 3.63) is 59.6 Å². The van der Waals surface area contributed by atoms with Gasteiger partial charge >= 0.3 is 0 Å². The quantitative estimate of drug-likeness (QED) is 0.654. The van der Waals surface area contributed by atoms with Crippen LogP contribution in [-0.4, -0.2) is 37.1 Å². The maximum Gasteiger partial charge on any atom is 0.170 e. The zero-order chi connectivity index (χ0) is 19.3. The molecule has 2 aliphatic rings. The molecule has 1 aromatic carbocycles. The Morgan fingerprint density at radius 2 is 2.04 bits per heavy atom. The van der Waals surface area contributed by atoms with Crippen molar-refractivity contribution in [2.24, 2.45) is 0 Å². The Balaban J connectivity index is 1.59. The van der Waals surface area contributed by atoms with Crippen molar-refractivity contribution in [2.75, 3.05) is 11.4 Å². The van der Waals surface area contributed by atoms with Crippen molar-refractivity contribution in [3.8, 4) is 5.69 Å². The number of fused-ring (bicyclic) bond motifs is 6. The number of aryl methyl sites for hydroxylation is 1. The molecule has 0 unspecified atom stereocenters. The number of nitrogens with zero attached hydrogens (tertiary/aromatic N) is 6. The van der Waals surface area contributed by atoms with Crippen LogP contribution in [0.25, 0.3) is 5.69 Å². The van der Waals surface area contributed by atoms with Crippen molar-refractivity contribution >= 4 is 11.6 Å². The summed E-state index contributed by atoms with van der Waals surface area (Å²) < 4.78 is 2.09. The second-order valence-electron chi connectivity index (χ2n) is 7.51. The van der Waals surface area contributed by atoms with Gasteiger partial charge in [-0.25, -0.2) is 9.97 Å². The number of ketones is 1. The van der Waals surface area contributed by atoms with Gasteiger partial charge in [-0.2, -0.15) is 0 Å². The number of rotatable bonds is 4. The molecule has 1 atom stereocenters. The number of aromatic nitrogens is 5. The monoisotopic (exact) mass is 374 g/mol. The lowest BCUT2D eigenvalue weighted by atomic mass is 9.90. The van der Waals surface area contributed by atoms with E-state index in [2.05, 4.69) is 31.6 Å². The van der Waals surface area contributed by atoms with Crippen LogP contribution < -0.4 is 4.90 Å². The first-order valence-corrected chi connectivity index (χ1v) is 9.79. The minimum absolute atomic E-state index is 0.0284. The number of anilines is 1. The van der Waals surface area contributed by atoms with Crippen LogP contribution in [0.1, 0.15) is 54.0 Å². The molecule has 7 nitrogen and oxygen atoms in total. The maximum atomic E-state index is 12.6. The highest BCUT2D eigenvalue weighted by Crippen LogP contribution is 2.48. The molecule has 0 N–H and O–H groups in total. The molecule has 5 rings (SSSR count). The highest BCUT2D eigenvalue weighted by Gasteiger charge is 2.50. The molecule has 2 aliphatic heterocycles. The van der Waals surface area contributed by atoms with Gasteiger partial charge in [0.05, 0.1) is 12.6 Å². The van der Waals surface area contributed by atoms with Gasteiger partial charge in [0.15, 0.2) is 17.4 Å². The predicted molar refractivity (Wildman–Crippen MR) is 105 cm³/mol. The lowest BCUT2D eigenvalue weighted by molar-refractivity contribution is 0.0991. The second-order valence-corrected chi connectivity index (χ2v) is 7.51. The van der Waals surface area contributed by atoms with Gasteiger partial charge in [0.25, 0.3) is 0 Å². The largest absolute Gasteiger partial charge is 0.342 e. The van der Waals surface area contributed by atoms with Gasteiger partial charge in [0, 0.05) is 12.1 Å². The minimum Gasteiger partial charge on any atom is -0.342 e. The van der Waals surface area contributed by atoms with Crippen LogP contribution in [-0.2, 0) is 12.0 Å². The van der Waals surface area contributed by atoms with Gasteiger partial charge in [-0.3, -0.25) is 9.36 Å². The average Bonchev–Trinajstić information content (AvgIpc) is 3.33. The fourth-order valence-electron chi connectivity index (χ4n) is 4.61. The first-order chi connectivity index (χ1) is 13.6. The van der Waals surface area contributed by atoms with Gasteiger partial charge in [0.1, 0.15) is 22.9 Å². The Morgan fingerprint density at radius 1 is 1.21 bits per heavy atom. The molecule has 0 spiro atoms. The number of hydrogen-bond acceptors (Lipinski definition) is 6. The first-order valence-electron chi connectivity index (χ1n) is 9.79. The predicted octanol–water partition coefficient (Wildman–Crippen LogP) is 3.01. The number of Topliss-reactive ketones (excluding diaryl/α,β-unsaturated/α-hetero) is 1. The number of hydrogen-bond donors (Lipinski definition) is 0. The van der Waals surface area contributed by atoms with E-state index in [0.29, 0.717) is 11.4 Å². The molecule has 4 heterocycles. The second kappa shape index (κ2) is 6.22. The molecule has 2 aromatic heterocycles. The summed E-state index contributed by atoms with van der Waals surface area (Å²) in [7, 11) is 0. The SMILES string of the molecule is CC[C@@]12CCCN1c1nc(CC(=O)c3ccccc3)ncc1-n1c(C)nnc12. The normalized spacial score (nSPS) is 19.9. The van der Waals surface area contributed by atoms with Gasteiger partial charge in [-0.15, -0.1) is 10.2 Å². The smallest absolute Gasteiger partial charge is 0.170 e. The summed E-state index contributed by atoms with van der Waals surface area (Å²) in [5.41, 5.74) is 1.41.